The Hall–Kier alpha value is -1.28. The molecular weight excluding hydrogens is 176 g/mol. The third kappa shape index (κ3) is 2.89. The van der Waals surface area contributed by atoms with Gasteiger partial charge in [0.25, 0.3) is 0 Å². The van der Waals surface area contributed by atoms with Crippen LogP contribution < -0.4 is 4.74 Å². The van der Waals surface area contributed by atoms with E-state index in [0.29, 0.717) is 0 Å². The van der Waals surface area contributed by atoms with Gasteiger partial charge in [-0.15, -0.1) is 6.58 Å². The van der Waals surface area contributed by atoms with Crippen molar-refractivity contribution >= 4 is 0 Å². The van der Waals surface area contributed by atoms with E-state index in [1.807, 2.05) is 30.3 Å². The van der Waals surface area contributed by atoms with Crippen molar-refractivity contribution in [1.82, 2.24) is 0 Å². The summed E-state index contributed by atoms with van der Waals surface area (Å²) in [5, 5.41) is 9.73. The molecule has 2 nitrogen and oxygen atoms in total. The third-order valence-electron chi connectivity index (χ3n) is 2.14. The van der Waals surface area contributed by atoms with Gasteiger partial charge in [0, 0.05) is 0 Å². The van der Waals surface area contributed by atoms with E-state index in [-0.39, 0.29) is 0 Å². The van der Waals surface area contributed by atoms with Crippen LogP contribution in [0.4, 0.5) is 0 Å². The largest absolute Gasteiger partial charge is 0.497 e. The minimum atomic E-state index is -0.404. The van der Waals surface area contributed by atoms with Crippen molar-refractivity contribution in [3.63, 3.8) is 0 Å². The SMILES string of the molecule is C=CCC[C@@H](O)c1ccc(OC)cc1. The van der Waals surface area contributed by atoms with Gasteiger partial charge in [-0.05, 0) is 30.5 Å². The van der Waals surface area contributed by atoms with E-state index in [1.54, 1.807) is 7.11 Å². The van der Waals surface area contributed by atoms with Gasteiger partial charge in [0.15, 0.2) is 0 Å². The monoisotopic (exact) mass is 192 g/mol. The van der Waals surface area contributed by atoms with Crippen molar-refractivity contribution in [3.8, 4) is 5.75 Å². The quantitative estimate of drug-likeness (QED) is 0.727. The molecule has 0 fully saturated rings. The number of hydrogen-bond acceptors (Lipinski definition) is 2. The molecule has 2 heteroatoms. The zero-order chi connectivity index (χ0) is 10.4. The number of allylic oxidation sites excluding steroid dienone is 1. The molecule has 0 aromatic heterocycles. The van der Waals surface area contributed by atoms with Crippen molar-refractivity contribution in [2.75, 3.05) is 7.11 Å². The Balaban J connectivity index is 2.61. The van der Waals surface area contributed by atoms with Crippen LogP contribution in [0.25, 0.3) is 0 Å². The molecule has 0 saturated heterocycles. The maximum absolute atomic E-state index is 9.73. The zero-order valence-corrected chi connectivity index (χ0v) is 8.44. The van der Waals surface area contributed by atoms with E-state index >= 15 is 0 Å². The summed E-state index contributed by atoms with van der Waals surface area (Å²) >= 11 is 0. The highest BCUT2D eigenvalue weighted by Gasteiger charge is 2.05. The molecule has 0 bridgehead atoms. The maximum atomic E-state index is 9.73. The summed E-state index contributed by atoms with van der Waals surface area (Å²) in [5.74, 6) is 0.810. The van der Waals surface area contributed by atoms with Crippen LogP contribution in [0.3, 0.4) is 0 Å². The predicted molar refractivity (Wildman–Crippen MR) is 57.4 cm³/mol. The first-order chi connectivity index (χ1) is 6.77. The Morgan fingerprint density at radius 1 is 1.43 bits per heavy atom. The minimum Gasteiger partial charge on any atom is -0.497 e. The van der Waals surface area contributed by atoms with Crippen molar-refractivity contribution in [2.45, 2.75) is 18.9 Å². The topological polar surface area (TPSA) is 29.5 Å². The summed E-state index contributed by atoms with van der Waals surface area (Å²) < 4.78 is 5.03. The second-order valence-corrected chi connectivity index (χ2v) is 3.15. The molecule has 0 radical (unpaired) electrons. The van der Waals surface area contributed by atoms with E-state index < -0.39 is 6.10 Å². The van der Waals surface area contributed by atoms with Crippen molar-refractivity contribution < 1.29 is 9.84 Å². The fraction of sp³-hybridized carbons (Fsp3) is 0.333. The van der Waals surface area contributed by atoms with Gasteiger partial charge >= 0.3 is 0 Å². The summed E-state index contributed by atoms with van der Waals surface area (Å²) in [6, 6.07) is 7.47. The molecule has 1 aromatic carbocycles. The summed E-state index contributed by atoms with van der Waals surface area (Å²) in [6.07, 6.45) is 2.95. The lowest BCUT2D eigenvalue weighted by Crippen LogP contribution is -1.96. The number of rotatable bonds is 5. The van der Waals surface area contributed by atoms with Crippen LogP contribution in [-0.4, -0.2) is 12.2 Å². The molecule has 14 heavy (non-hydrogen) atoms. The van der Waals surface area contributed by atoms with E-state index in [4.69, 9.17) is 4.74 Å². The molecular formula is C12H16O2. The molecule has 0 saturated carbocycles. The minimum absolute atomic E-state index is 0.404. The van der Waals surface area contributed by atoms with Crippen LogP contribution in [0.1, 0.15) is 24.5 Å². The predicted octanol–water partition coefficient (Wildman–Crippen LogP) is 2.69. The first-order valence-electron chi connectivity index (χ1n) is 4.71. The molecule has 0 spiro atoms. The molecule has 0 aliphatic rings. The Morgan fingerprint density at radius 2 is 2.07 bits per heavy atom. The molecule has 0 heterocycles. The van der Waals surface area contributed by atoms with E-state index in [1.165, 1.54) is 0 Å². The van der Waals surface area contributed by atoms with Crippen LogP contribution in [-0.2, 0) is 0 Å². The summed E-state index contributed by atoms with van der Waals surface area (Å²) in [5.41, 5.74) is 0.924. The fourth-order valence-corrected chi connectivity index (χ4v) is 1.27. The number of ether oxygens (including phenoxy) is 1. The molecule has 0 unspecified atom stereocenters. The number of hydrogen-bond donors (Lipinski definition) is 1. The van der Waals surface area contributed by atoms with Gasteiger partial charge in [-0.25, -0.2) is 0 Å². The lowest BCUT2D eigenvalue weighted by atomic mass is 10.1. The van der Waals surface area contributed by atoms with Crippen LogP contribution >= 0.6 is 0 Å². The number of aliphatic hydroxyl groups excluding tert-OH is 1. The van der Waals surface area contributed by atoms with Crippen LogP contribution in [0.5, 0.6) is 5.75 Å². The molecule has 1 atom stereocenters. The van der Waals surface area contributed by atoms with Gasteiger partial charge in [-0.2, -0.15) is 0 Å². The van der Waals surface area contributed by atoms with Gasteiger partial charge in [0.2, 0.25) is 0 Å². The van der Waals surface area contributed by atoms with Crippen LogP contribution in [0.15, 0.2) is 36.9 Å². The highest BCUT2D eigenvalue weighted by Crippen LogP contribution is 2.20. The molecule has 0 aliphatic carbocycles. The second kappa shape index (κ2) is 5.45. The summed E-state index contributed by atoms with van der Waals surface area (Å²) in [6.45, 7) is 3.62. The van der Waals surface area contributed by atoms with Crippen molar-refractivity contribution in [3.05, 3.63) is 42.5 Å². The number of methoxy groups -OCH3 is 1. The lowest BCUT2D eigenvalue weighted by Gasteiger charge is -2.09. The van der Waals surface area contributed by atoms with Gasteiger partial charge in [0.05, 0.1) is 13.2 Å². The summed E-state index contributed by atoms with van der Waals surface area (Å²) in [4.78, 5) is 0. The van der Waals surface area contributed by atoms with Crippen LogP contribution in [0.2, 0.25) is 0 Å². The molecule has 0 amide bonds. The molecule has 1 aromatic rings. The number of benzene rings is 1. The Labute approximate surface area is 84.8 Å². The van der Waals surface area contributed by atoms with E-state index in [2.05, 4.69) is 6.58 Å². The maximum Gasteiger partial charge on any atom is 0.118 e. The normalized spacial score (nSPS) is 12.1. The Bertz CT molecular complexity index is 277. The summed E-state index contributed by atoms with van der Waals surface area (Å²) in [7, 11) is 1.63. The highest BCUT2D eigenvalue weighted by atomic mass is 16.5. The van der Waals surface area contributed by atoms with E-state index in [9.17, 15) is 5.11 Å². The highest BCUT2D eigenvalue weighted by molar-refractivity contribution is 5.28. The zero-order valence-electron chi connectivity index (χ0n) is 8.44. The van der Waals surface area contributed by atoms with Gasteiger partial charge in [-0.1, -0.05) is 18.2 Å². The second-order valence-electron chi connectivity index (χ2n) is 3.15. The smallest absolute Gasteiger partial charge is 0.118 e. The standard InChI is InChI=1S/C12H16O2/c1-3-4-5-12(13)10-6-8-11(14-2)9-7-10/h3,6-9,12-13H,1,4-5H2,2H3/t12-/m1/s1. The molecule has 1 rings (SSSR count). The molecule has 1 N–H and O–H groups in total. The van der Waals surface area contributed by atoms with Crippen molar-refractivity contribution in [2.24, 2.45) is 0 Å². The number of aliphatic hydroxyl groups is 1. The van der Waals surface area contributed by atoms with Gasteiger partial charge < -0.3 is 9.84 Å². The average molecular weight is 192 g/mol. The Morgan fingerprint density at radius 3 is 2.57 bits per heavy atom. The van der Waals surface area contributed by atoms with Gasteiger partial charge in [0.1, 0.15) is 5.75 Å². The van der Waals surface area contributed by atoms with E-state index in [0.717, 1.165) is 24.2 Å². The lowest BCUT2D eigenvalue weighted by molar-refractivity contribution is 0.168. The molecule has 0 aliphatic heterocycles. The fourth-order valence-electron chi connectivity index (χ4n) is 1.27. The first-order valence-corrected chi connectivity index (χ1v) is 4.71. The van der Waals surface area contributed by atoms with Crippen LogP contribution in [0, 0.1) is 0 Å². The molecule has 76 valence electrons. The van der Waals surface area contributed by atoms with Crippen molar-refractivity contribution in [1.29, 1.82) is 0 Å². The third-order valence-corrected chi connectivity index (χ3v) is 2.14. The first kappa shape index (κ1) is 10.8. The van der Waals surface area contributed by atoms with Gasteiger partial charge in [-0.3, -0.25) is 0 Å². The Kier molecular flexibility index (Phi) is 4.20. The average Bonchev–Trinajstić information content (AvgIpc) is 2.26.